The number of carbonyl (C=O) groups is 1. The summed E-state index contributed by atoms with van der Waals surface area (Å²) in [7, 11) is 0. The molecule has 4 heteroatoms. The molecule has 4 nitrogen and oxygen atoms in total. The number of hydrogen-bond acceptors (Lipinski definition) is 3. The molecular weight excluding hydrogens is 228 g/mol. The Morgan fingerprint density at radius 2 is 2.00 bits per heavy atom. The van der Waals surface area contributed by atoms with E-state index in [0.717, 1.165) is 24.1 Å². The molecule has 0 spiro atoms. The van der Waals surface area contributed by atoms with Crippen LogP contribution in [-0.2, 0) is 4.79 Å². The Morgan fingerprint density at radius 1 is 1.39 bits per heavy atom. The molecule has 0 heterocycles. The molecule has 2 rings (SSSR count). The van der Waals surface area contributed by atoms with Gasteiger partial charge in [-0.15, -0.1) is 0 Å². The molecule has 1 aliphatic rings. The molecule has 1 aromatic rings. The minimum Gasteiger partial charge on any atom is -0.394 e. The van der Waals surface area contributed by atoms with Gasteiger partial charge in [-0.3, -0.25) is 10.1 Å². The van der Waals surface area contributed by atoms with Gasteiger partial charge in [0.2, 0.25) is 5.91 Å². The predicted octanol–water partition coefficient (Wildman–Crippen LogP) is 1.44. The second kappa shape index (κ2) is 5.08. The standard InChI is InChI=1S/C14H20N2O2/c1-10-3-5-12(6-4-10)15-13(18)11(2)16-14(9-17)7-8-14/h3-6,11,16-17H,7-9H2,1-2H3,(H,15,18). The van der Waals surface area contributed by atoms with Gasteiger partial charge in [0.05, 0.1) is 12.6 Å². The monoisotopic (exact) mass is 248 g/mol. The minimum atomic E-state index is -0.305. The van der Waals surface area contributed by atoms with Crippen molar-refractivity contribution in [2.24, 2.45) is 0 Å². The van der Waals surface area contributed by atoms with Crippen molar-refractivity contribution in [1.29, 1.82) is 0 Å². The van der Waals surface area contributed by atoms with Crippen LogP contribution in [0.25, 0.3) is 0 Å². The molecule has 0 aromatic heterocycles. The summed E-state index contributed by atoms with van der Waals surface area (Å²) < 4.78 is 0. The summed E-state index contributed by atoms with van der Waals surface area (Å²) in [6.07, 6.45) is 1.87. The highest BCUT2D eigenvalue weighted by Crippen LogP contribution is 2.35. The van der Waals surface area contributed by atoms with E-state index in [4.69, 9.17) is 0 Å². The summed E-state index contributed by atoms with van der Waals surface area (Å²) in [5.74, 6) is -0.0708. The molecule has 1 aliphatic carbocycles. The summed E-state index contributed by atoms with van der Waals surface area (Å²) in [4.78, 5) is 12.0. The average molecular weight is 248 g/mol. The van der Waals surface area contributed by atoms with Gasteiger partial charge in [-0.25, -0.2) is 0 Å². The normalized spacial score (nSPS) is 18.2. The van der Waals surface area contributed by atoms with Crippen LogP contribution in [0.1, 0.15) is 25.3 Å². The first kappa shape index (κ1) is 13.1. The number of amides is 1. The molecule has 0 radical (unpaired) electrons. The number of aliphatic hydroxyl groups excluding tert-OH is 1. The molecule has 98 valence electrons. The molecule has 3 N–H and O–H groups in total. The Bertz CT molecular complexity index is 424. The van der Waals surface area contributed by atoms with Crippen molar-refractivity contribution < 1.29 is 9.90 Å². The zero-order valence-corrected chi connectivity index (χ0v) is 10.9. The van der Waals surface area contributed by atoms with Gasteiger partial charge in [0.1, 0.15) is 0 Å². The lowest BCUT2D eigenvalue weighted by atomic mass is 10.2. The van der Waals surface area contributed by atoms with E-state index >= 15 is 0 Å². The van der Waals surface area contributed by atoms with E-state index in [1.807, 2.05) is 38.1 Å². The van der Waals surface area contributed by atoms with Gasteiger partial charge in [0.25, 0.3) is 0 Å². The topological polar surface area (TPSA) is 61.4 Å². The van der Waals surface area contributed by atoms with Crippen LogP contribution in [0.4, 0.5) is 5.69 Å². The molecule has 18 heavy (non-hydrogen) atoms. The Hall–Kier alpha value is -1.39. The zero-order valence-electron chi connectivity index (χ0n) is 10.9. The van der Waals surface area contributed by atoms with Crippen LogP contribution in [0, 0.1) is 6.92 Å². The third kappa shape index (κ3) is 3.09. The highest BCUT2D eigenvalue weighted by atomic mass is 16.3. The van der Waals surface area contributed by atoms with Crippen molar-refractivity contribution in [2.75, 3.05) is 11.9 Å². The van der Waals surface area contributed by atoms with E-state index < -0.39 is 0 Å². The van der Waals surface area contributed by atoms with Gasteiger partial charge >= 0.3 is 0 Å². The van der Waals surface area contributed by atoms with Crippen molar-refractivity contribution in [2.45, 2.75) is 38.3 Å². The van der Waals surface area contributed by atoms with E-state index in [9.17, 15) is 9.90 Å². The molecular formula is C14H20N2O2. The van der Waals surface area contributed by atoms with Crippen LogP contribution in [0.5, 0.6) is 0 Å². The van der Waals surface area contributed by atoms with E-state index in [0.29, 0.717) is 0 Å². The molecule has 1 unspecified atom stereocenters. The van der Waals surface area contributed by atoms with Crippen LogP contribution < -0.4 is 10.6 Å². The first-order valence-corrected chi connectivity index (χ1v) is 6.31. The molecule has 0 saturated heterocycles. The minimum absolute atomic E-state index is 0.0708. The molecule has 1 atom stereocenters. The average Bonchev–Trinajstić information content (AvgIpc) is 3.12. The van der Waals surface area contributed by atoms with Crippen LogP contribution in [-0.4, -0.2) is 29.2 Å². The number of rotatable bonds is 5. The smallest absolute Gasteiger partial charge is 0.241 e. The first-order chi connectivity index (χ1) is 8.54. The Kier molecular flexibility index (Phi) is 3.68. The van der Waals surface area contributed by atoms with Crippen molar-refractivity contribution in [3.8, 4) is 0 Å². The van der Waals surface area contributed by atoms with Gasteiger partial charge in [0.15, 0.2) is 0 Å². The molecule has 1 amide bonds. The molecule has 1 saturated carbocycles. The number of aryl methyl sites for hydroxylation is 1. The van der Waals surface area contributed by atoms with Gasteiger partial charge in [0, 0.05) is 11.2 Å². The van der Waals surface area contributed by atoms with Crippen molar-refractivity contribution in [1.82, 2.24) is 5.32 Å². The second-order valence-electron chi connectivity index (χ2n) is 5.16. The Balaban J connectivity index is 1.89. The summed E-state index contributed by atoms with van der Waals surface area (Å²) in [6, 6.07) is 7.40. The quantitative estimate of drug-likeness (QED) is 0.739. The summed E-state index contributed by atoms with van der Waals surface area (Å²) in [5, 5.41) is 15.3. The fraction of sp³-hybridized carbons (Fsp3) is 0.500. The molecule has 1 aromatic carbocycles. The van der Waals surface area contributed by atoms with E-state index in [1.165, 1.54) is 0 Å². The molecule has 1 fully saturated rings. The highest BCUT2D eigenvalue weighted by Gasteiger charge is 2.43. The largest absolute Gasteiger partial charge is 0.394 e. The summed E-state index contributed by atoms with van der Waals surface area (Å²) in [5.41, 5.74) is 1.74. The third-order valence-electron chi connectivity index (χ3n) is 3.39. The van der Waals surface area contributed by atoms with E-state index in [1.54, 1.807) is 0 Å². The van der Waals surface area contributed by atoms with Crippen LogP contribution >= 0.6 is 0 Å². The molecule has 0 bridgehead atoms. The maximum absolute atomic E-state index is 12.0. The Morgan fingerprint density at radius 3 is 2.50 bits per heavy atom. The molecule has 0 aliphatic heterocycles. The maximum atomic E-state index is 12.0. The fourth-order valence-electron chi connectivity index (χ4n) is 1.91. The third-order valence-corrected chi connectivity index (χ3v) is 3.39. The number of anilines is 1. The van der Waals surface area contributed by atoms with E-state index in [2.05, 4.69) is 10.6 Å². The van der Waals surface area contributed by atoms with Crippen LogP contribution in [0.3, 0.4) is 0 Å². The van der Waals surface area contributed by atoms with Crippen LogP contribution in [0.15, 0.2) is 24.3 Å². The van der Waals surface area contributed by atoms with Gasteiger partial charge < -0.3 is 10.4 Å². The highest BCUT2D eigenvalue weighted by molar-refractivity contribution is 5.94. The summed E-state index contributed by atoms with van der Waals surface area (Å²) >= 11 is 0. The lowest BCUT2D eigenvalue weighted by Gasteiger charge is -2.20. The van der Waals surface area contributed by atoms with Crippen LogP contribution in [0.2, 0.25) is 0 Å². The van der Waals surface area contributed by atoms with Crippen molar-refractivity contribution in [3.05, 3.63) is 29.8 Å². The predicted molar refractivity (Wildman–Crippen MR) is 71.5 cm³/mol. The van der Waals surface area contributed by atoms with Crippen molar-refractivity contribution >= 4 is 11.6 Å². The second-order valence-corrected chi connectivity index (χ2v) is 5.16. The lowest BCUT2D eigenvalue weighted by molar-refractivity contribution is -0.118. The number of carbonyl (C=O) groups excluding carboxylic acids is 1. The van der Waals surface area contributed by atoms with Gasteiger partial charge in [-0.1, -0.05) is 17.7 Å². The Labute approximate surface area is 107 Å². The van der Waals surface area contributed by atoms with Gasteiger partial charge in [-0.2, -0.15) is 0 Å². The fourth-order valence-corrected chi connectivity index (χ4v) is 1.91. The number of aliphatic hydroxyl groups is 1. The maximum Gasteiger partial charge on any atom is 0.241 e. The number of nitrogens with one attached hydrogen (secondary N) is 2. The SMILES string of the molecule is Cc1ccc(NC(=O)C(C)NC2(CO)CC2)cc1. The number of benzene rings is 1. The van der Waals surface area contributed by atoms with Gasteiger partial charge in [-0.05, 0) is 38.8 Å². The zero-order chi connectivity index (χ0) is 13.2. The summed E-state index contributed by atoms with van der Waals surface area (Å²) in [6.45, 7) is 3.92. The van der Waals surface area contributed by atoms with Crippen molar-refractivity contribution in [3.63, 3.8) is 0 Å². The lowest BCUT2D eigenvalue weighted by Crippen LogP contribution is -2.47. The van der Waals surface area contributed by atoms with E-state index in [-0.39, 0.29) is 24.1 Å². The first-order valence-electron chi connectivity index (χ1n) is 6.31. The number of hydrogen-bond donors (Lipinski definition) is 3.